The molecule has 5 heteroatoms. The Labute approximate surface area is 122 Å². The normalized spacial score (nSPS) is 12.6. The van der Waals surface area contributed by atoms with Crippen molar-refractivity contribution in [3.8, 4) is 0 Å². The summed E-state index contributed by atoms with van der Waals surface area (Å²) in [4.78, 5) is 4.32. The number of halogens is 1. The van der Waals surface area contributed by atoms with E-state index in [1.165, 1.54) is 5.56 Å². The van der Waals surface area contributed by atoms with Crippen LogP contribution in [0.4, 0.5) is 0 Å². The summed E-state index contributed by atoms with van der Waals surface area (Å²) in [5, 5.41) is 4.20. The van der Waals surface area contributed by atoms with Crippen molar-refractivity contribution >= 4 is 15.9 Å². The molecule has 2 aromatic rings. The van der Waals surface area contributed by atoms with Gasteiger partial charge in [0, 0.05) is 17.4 Å². The molecule has 102 valence electrons. The van der Waals surface area contributed by atoms with Crippen molar-refractivity contribution < 1.29 is 0 Å². The predicted molar refractivity (Wildman–Crippen MR) is 79.8 cm³/mol. The Hall–Kier alpha value is -1.20. The van der Waals surface area contributed by atoms with Crippen LogP contribution in [0.1, 0.15) is 18.3 Å². The second-order valence-corrected chi connectivity index (χ2v) is 5.45. The molecule has 1 unspecified atom stereocenters. The predicted octanol–water partition coefficient (Wildman–Crippen LogP) is 2.42. The molecule has 0 radical (unpaired) electrons. The van der Waals surface area contributed by atoms with E-state index in [1.54, 1.807) is 6.33 Å². The van der Waals surface area contributed by atoms with Crippen LogP contribution in [0.2, 0.25) is 0 Å². The highest BCUT2D eigenvalue weighted by Crippen LogP contribution is 2.20. The molecule has 1 heterocycles. The number of aryl methyl sites for hydroxylation is 1. The van der Waals surface area contributed by atoms with Gasteiger partial charge in [-0.15, -0.1) is 0 Å². The van der Waals surface area contributed by atoms with Gasteiger partial charge in [0.2, 0.25) is 0 Å². The Balaban J connectivity index is 2.07. The maximum absolute atomic E-state index is 5.91. The molecule has 0 aliphatic rings. The van der Waals surface area contributed by atoms with E-state index in [1.807, 2.05) is 10.7 Å². The van der Waals surface area contributed by atoms with Crippen molar-refractivity contribution in [3.05, 3.63) is 46.5 Å². The first kappa shape index (κ1) is 14.2. The van der Waals surface area contributed by atoms with Crippen LogP contribution in [0.3, 0.4) is 0 Å². The van der Waals surface area contributed by atoms with Crippen molar-refractivity contribution in [1.29, 1.82) is 0 Å². The molecule has 0 fully saturated rings. The summed E-state index contributed by atoms with van der Waals surface area (Å²) in [6, 6.07) is 8.29. The lowest BCUT2D eigenvalue weighted by atomic mass is 9.96. The molecule has 0 amide bonds. The number of rotatable bonds is 6. The minimum Gasteiger partial charge on any atom is -0.330 e. The van der Waals surface area contributed by atoms with Crippen LogP contribution in [-0.4, -0.2) is 21.3 Å². The summed E-state index contributed by atoms with van der Waals surface area (Å²) in [5.74, 6) is 1.40. The summed E-state index contributed by atoms with van der Waals surface area (Å²) in [6.07, 6.45) is 3.44. The fraction of sp³-hybridized carbons (Fsp3) is 0.429. The van der Waals surface area contributed by atoms with Gasteiger partial charge in [-0.3, -0.25) is 4.68 Å². The quantitative estimate of drug-likeness (QED) is 0.888. The molecule has 0 saturated carbocycles. The smallest absolute Gasteiger partial charge is 0.138 e. The fourth-order valence-corrected chi connectivity index (χ4v) is 2.63. The zero-order valence-corrected chi connectivity index (χ0v) is 12.7. The highest BCUT2D eigenvalue weighted by atomic mass is 79.9. The Kier molecular flexibility index (Phi) is 5.10. The molecule has 1 atom stereocenters. The van der Waals surface area contributed by atoms with Crippen LogP contribution in [0, 0.1) is 5.92 Å². The van der Waals surface area contributed by atoms with E-state index in [2.05, 4.69) is 51.1 Å². The van der Waals surface area contributed by atoms with Crippen molar-refractivity contribution in [2.24, 2.45) is 11.7 Å². The third kappa shape index (κ3) is 3.64. The molecule has 0 bridgehead atoms. The molecule has 2 rings (SSSR count). The lowest BCUT2D eigenvalue weighted by molar-refractivity contribution is 0.491. The van der Waals surface area contributed by atoms with Gasteiger partial charge in [-0.25, -0.2) is 4.98 Å². The summed E-state index contributed by atoms with van der Waals surface area (Å²) < 4.78 is 3.08. The maximum atomic E-state index is 5.91. The largest absolute Gasteiger partial charge is 0.330 e. The topological polar surface area (TPSA) is 56.7 Å². The van der Waals surface area contributed by atoms with E-state index in [-0.39, 0.29) is 0 Å². The minimum atomic E-state index is 0.383. The number of hydrogen-bond acceptors (Lipinski definition) is 3. The zero-order valence-electron chi connectivity index (χ0n) is 11.1. The highest BCUT2D eigenvalue weighted by molar-refractivity contribution is 9.10. The van der Waals surface area contributed by atoms with Crippen LogP contribution in [-0.2, 0) is 19.4 Å². The summed E-state index contributed by atoms with van der Waals surface area (Å²) in [5.41, 5.74) is 7.20. The molecule has 4 nitrogen and oxygen atoms in total. The van der Waals surface area contributed by atoms with E-state index >= 15 is 0 Å². The number of nitrogens with zero attached hydrogens (tertiary/aromatic N) is 3. The number of hydrogen-bond donors (Lipinski definition) is 1. The summed E-state index contributed by atoms with van der Waals surface area (Å²) in [6.45, 7) is 3.57. The third-order valence-electron chi connectivity index (χ3n) is 3.27. The van der Waals surface area contributed by atoms with E-state index in [4.69, 9.17) is 5.73 Å². The highest BCUT2D eigenvalue weighted by Gasteiger charge is 2.14. The van der Waals surface area contributed by atoms with Crippen LogP contribution >= 0.6 is 15.9 Å². The molecule has 0 aliphatic carbocycles. The average Bonchev–Trinajstić information content (AvgIpc) is 2.87. The molecular weight excluding hydrogens is 304 g/mol. The molecule has 19 heavy (non-hydrogen) atoms. The number of benzene rings is 1. The fourth-order valence-electron chi connectivity index (χ4n) is 2.18. The van der Waals surface area contributed by atoms with Crippen molar-refractivity contribution in [2.45, 2.75) is 26.3 Å². The standard InChI is InChI=1S/C14H19BrN4/c1-2-19-14(17-10-18-19)8-11(9-16)7-12-5-3-4-6-13(12)15/h3-6,10-11H,2,7-9,16H2,1H3. The first-order chi connectivity index (χ1) is 9.24. The van der Waals surface area contributed by atoms with Gasteiger partial charge in [0.25, 0.3) is 0 Å². The van der Waals surface area contributed by atoms with Gasteiger partial charge in [0.05, 0.1) is 0 Å². The first-order valence-electron chi connectivity index (χ1n) is 6.54. The Morgan fingerprint density at radius 3 is 2.79 bits per heavy atom. The van der Waals surface area contributed by atoms with Gasteiger partial charge in [0.15, 0.2) is 0 Å². The van der Waals surface area contributed by atoms with E-state index in [9.17, 15) is 0 Å². The second-order valence-electron chi connectivity index (χ2n) is 4.59. The number of nitrogens with two attached hydrogens (primary N) is 1. The molecule has 1 aromatic heterocycles. The molecule has 2 N–H and O–H groups in total. The van der Waals surface area contributed by atoms with Gasteiger partial charge >= 0.3 is 0 Å². The Bertz CT molecular complexity index is 524. The summed E-state index contributed by atoms with van der Waals surface area (Å²) >= 11 is 3.59. The van der Waals surface area contributed by atoms with E-state index in [0.29, 0.717) is 12.5 Å². The molecule has 0 spiro atoms. The lowest BCUT2D eigenvalue weighted by Gasteiger charge is -2.15. The van der Waals surface area contributed by atoms with Gasteiger partial charge in [-0.1, -0.05) is 34.1 Å². The van der Waals surface area contributed by atoms with Crippen LogP contribution < -0.4 is 5.73 Å². The molecular formula is C14H19BrN4. The van der Waals surface area contributed by atoms with Crippen LogP contribution in [0.5, 0.6) is 0 Å². The van der Waals surface area contributed by atoms with Gasteiger partial charge in [-0.05, 0) is 37.4 Å². The molecule has 0 aliphatic heterocycles. The van der Waals surface area contributed by atoms with E-state index < -0.39 is 0 Å². The van der Waals surface area contributed by atoms with Crippen LogP contribution in [0.15, 0.2) is 35.1 Å². The van der Waals surface area contributed by atoms with Gasteiger partial charge in [0.1, 0.15) is 12.2 Å². The Morgan fingerprint density at radius 2 is 2.11 bits per heavy atom. The monoisotopic (exact) mass is 322 g/mol. The lowest BCUT2D eigenvalue weighted by Crippen LogP contribution is -2.21. The first-order valence-corrected chi connectivity index (χ1v) is 7.34. The van der Waals surface area contributed by atoms with E-state index in [0.717, 1.165) is 29.7 Å². The summed E-state index contributed by atoms with van der Waals surface area (Å²) in [7, 11) is 0. The maximum Gasteiger partial charge on any atom is 0.138 e. The van der Waals surface area contributed by atoms with Crippen molar-refractivity contribution in [1.82, 2.24) is 14.8 Å². The Morgan fingerprint density at radius 1 is 1.32 bits per heavy atom. The SMILES string of the molecule is CCn1ncnc1CC(CN)Cc1ccccc1Br. The van der Waals surface area contributed by atoms with Crippen molar-refractivity contribution in [3.63, 3.8) is 0 Å². The average molecular weight is 323 g/mol. The second kappa shape index (κ2) is 6.82. The van der Waals surface area contributed by atoms with Crippen molar-refractivity contribution in [2.75, 3.05) is 6.54 Å². The zero-order chi connectivity index (χ0) is 13.7. The van der Waals surface area contributed by atoms with Crippen LogP contribution in [0.25, 0.3) is 0 Å². The van der Waals surface area contributed by atoms with Gasteiger partial charge < -0.3 is 5.73 Å². The van der Waals surface area contributed by atoms with Gasteiger partial charge in [-0.2, -0.15) is 5.10 Å². The third-order valence-corrected chi connectivity index (χ3v) is 4.04. The number of aromatic nitrogens is 3. The molecule has 0 saturated heterocycles. The molecule has 1 aromatic carbocycles. The minimum absolute atomic E-state index is 0.383.